The van der Waals surface area contributed by atoms with Crippen LogP contribution in [0, 0.1) is 0 Å². The molecule has 4 rings (SSSR count). The number of hydrogen-bond acceptors (Lipinski definition) is 4. The Morgan fingerprint density at radius 3 is 2.47 bits per heavy atom. The molecule has 34 heavy (non-hydrogen) atoms. The number of rotatable bonds is 9. The molecule has 0 bridgehead atoms. The van der Waals surface area contributed by atoms with Crippen molar-refractivity contribution in [1.82, 2.24) is 14.9 Å². The number of benzene rings is 3. The van der Waals surface area contributed by atoms with E-state index < -0.39 is 0 Å². The Kier molecular flexibility index (Phi) is 7.28. The molecule has 0 radical (unpaired) electrons. The van der Waals surface area contributed by atoms with Gasteiger partial charge in [0.25, 0.3) is 5.91 Å². The molecule has 0 spiro atoms. The van der Waals surface area contributed by atoms with E-state index in [1.54, 1.807) is 26.7 Å². The molecule has 1 aromatic heterocycles. The smallest absolute Gasteiger partial charge is 0.270 e. The summed E-state index contributed by atoms with van der Waals surface area (Å²) in [5.74, 6) is 1.20. The van der Waals surface area contributed by atoms with Crippen LogP contribution in [-0.2, 0) is 6.42 Å². The fourth-order valence-electron chi connectivity index (χ4n) is 3.92. The molecule has 1 atom stereocenters. The summed E-state index contributed by atoms with van der Waals surface area (Å²) in [6, 6.07) is 24.1. The largest absolute Gasteiger partial charge is 0.493 e. The van der Waals surface area contributed by atoms with E-state index in [9.17, 15) is 4.79 Å². The van der Waals surface area contributed by atoms with Crippen LogP contribution in [0.4, 0.5) is 0 Å². The molecule has 0 aliphatic carbocycles. The van der Waals surface area contributed by atoms with Gasteiger partial charge in [-0.15, -0.1) is 0 Å². The van der Waals surface area contributed by atoms with Crippen molar-refractivity contribution in [2.45, 2.75) is 25.8 Å². The minimum absolute atomic E-state index is 0.0363. The number of nitrogens with one attached hydrogen (secondary N) is 1. The first-order valence-electron chi connectivity index (χ1n) is 11.3. The molecule has 6 nitrogen and oxygen atoms in total. The van der Waals surface area contributed by atoms with Crippen molar-refractivity contribution in [3.05, 3.63) is 96.6 Å². The van der Waals surface area contributed by atoms with E-state index in [2.05, 4.69) is 22.4 Å². The summed E-state index contributed by atoms with van der Waals surface area (Å²) in [5, 5.41) is 3.11. The van der Waals surface area contributed by atoms with E-state index in [0.29, 0.717) is 17.2 Å². The third kappa shape index (κ3) is 5.29. The molecular formula is C28H29N3O3. The summed E-state index contributed by atoms with van der Waals surface area (Å²) in [6.07, 6.45) is 5.03. The number of aryl methyl sites for hydroxylation is 1. The van der Waals surface area contributed by atoms with Crippen LogP contribution >= 0.6 is 0 Å². The maximum atomic E-state index is 13.0. The van der Waals surface area contributed by atoms with Crippen LogP contribution in [0.5, 0.6) is 11.5 Å². The predicted octanol–water partition coefficient (Wildman–Crippen LogP) is 5.31. The van der Waals surface area contributed by atoms with Gasteiger partial charge in [0, 0.05) is 11.7 Å². The molecular weight excluding hydrogens is 426 g/mol. The zero-order chi connectivity index (χ0) is 23.9. The highest BCUT2D eigenvalue weighted by molar-refractivity contribution is 5.93. The Labute approximate surface area is 200 Å². The van der Waals surface area contributed by atoms with Gasteiger partial charge in [0.05, 0.1) is 26.7 Å². The van der Waals surface area contributed by atoms with Gasteiger partial charge >= 0.3 is 0 Å². The molecule has 0 saturated heterocycles. The van der Waals surface area contributed by atoms with E-state index in [1.807, 2.05) is 72.2 Å². The second-order valence-electron chi connectivity index (χ2n) is 8.17. The van der Waals surface area contributed by atoms with Gasteiger partial charge in [-0.2, -0.15) is 0 Å². The maximum Gasteiger partial charge on any atom is 0.270 e. The molecule has 0 saturated carbocycles. The van der Waals surface area contributed by atoms with E-state index in [-0.39, 0.29) is 11.9 Å². The van der Waals surface area contributed by atoms with Gasteiger partial charge in [-0.25, -0.2) is 4.98 Å². The fraction of sp³-hybridized carbons (Fsp3) is 0.214. The number of amides is 1. The number of ether oxygens (including phenoxy) is 2. The summed E-state index contributed by atoms with van der Waals surface area (Å²) < 4.78 is 12.6. The molecule has 0 unspecified atom stereocenters. The lowest BCUT2D eigenvalue weighted by atomic mass is 10.0. The minimum atomic E-state index is -0.144. The Balaban J connectivity index is 1.50. The Hall–Kier alpha value is -4.06. The zero-order valence-corrected chi connectivity index (χ0v) is 19.7. The topological polar surface area (TPSA) is 65.4 Å². The highest BCUT2D eigenvalue weighted by atomic mass is 16.5. The van der Waals surface area contributed by atoms with E-state index in [0.717, 1.165) is 29.7 Å². The molecule has 0 fully saturated rings. The van der Waals surface area contributed by atoms with Gasteiger partial charge in [-0.3, -0.25) is 9.36 Å². The SMILES string of the molecule is COc1ccc(-c2cccc(-n3cncc3C(=O)N[C@@H](C)CCc3ccccc3)c2)cc1OC. The third-order valence-corrected chi connectivity index (χ3v) is 5.80. The fourth-order valence-corrected chi connectivity index (χ4v) is 3.92. The lowest BCUT2D eigenvalue weighted by Gasteiger charge is -2.15. The summed E-state index contributed by atoms with van der Waals surface area (Å²) >= 11 is 0. The summed E-state index contributed by atoms with van der Waals surface area (Å²) in [7, 11) is 3.24. The lowest BCUT2D eigenvalue weighted by molar-refractivity contribution is 0.0931. The van der Waals surface area contributed by atoms with Crippen molar-refractivity contribution >= 4 is 5.91 Å². The molecule has 1 N–H and O–H groups in total. The molecule has 4 aromatic rings. The average molecular weight is 456 g/mol. The quantitative estimate of drug-likeness (QED) is 0.372. The van der Waals surface area contributed by atoms with Gasteiger partial charge in [0.2, 0.25) is 0 Å². The molecule has 6 heteroatoms. The van der Waals surface area contributed by atoms with Crippen LogP contribution in [0.1, 0.15) is 29.4 Å². The lowest BCUT2D eigenvalue weighted by Crippen LogP contribution is -2.34. The number of nitrogens with zero attached hydrogens (tertiary/aromatic N) is 2. The third-order valence-electron chi connectivity index (χ3n) is 5.80. The number of methoxy groups -OCH3 is 2. The summed E-state index contributed by atoms with van der Waals surface area (Å²) in [6.45, 7) is 2.03. The van der Waals surface area contributed by atoms with Crippen molar-refractivity contribution in [1.29, 1.82) is 0 Å². The molecule has 0 aliphatic rings. The van der Waals surface area contributed by atoms with Crippen LogP contribution in [0.3, 0.4) is 0 Å². The van der Waals surface area contributed by atoms with Gasteiger partial charge in [-0.05, 0) is 60.7 Å². The average Bonchev–Trinajstić information content (AvgIpc) is 3.38. The highest BCUT2D eigenvalue weighted by Crippen LogP contribution is 2.33. The number of carbonyl (C=O) groups is 1. The molecule has 1 heterocycles. The van der Waals surface area contributed by atoms with E-state index in [1.165, 1.54) is 5.56 Å². The second-order valence-corrected chi connectivity index (χ2v) is 8.17. The minimum Gasteiger partial charge on any atom is -0.493 e. The monoisotopic (exact) mass is 455 g/mol. The second kappa shape index (κ2) is 10.7. The number of imidazole rings is 1. The first kappa shape index (κ1) is 23.1. The molecule has 174 valence electrons. The Morgan fingerprint density at radius 2 is 1.71 bits per heavy atom. The maximum absolute atomic E-state index is 13.0. The molecule has 1 amide bonds. The van der Waals surface area contributed by atoms with Crippen LogP contribution in [0.25, 0.3) is 16.8 Å². The van der Waals surface area contributed by atoms with Gasteiger partial charge < -0.3 is 14.8 Å². The zero-order valence-electron chi connectivity index (χ0n) is 19.7. The molecule has 0 aliphatic heterocycles. The van der Waals surface area contributed by atoms with Crippen LogP contribution in [-0.4, -0.2) is 35.7 Å². The van der Waals surface area contributed by atoms with Crippen molar-refractivity contribution in [3.63, 3.8) is 0 Å². The van der Waals surface area contributed by atoms with Crippen molar-refractivity contribution in [2.75, 3.05) is 14.2 Å². The Bertz CT molecular complexity index is 1250. The number of aromatic nitrogens is 2. The first-order valence-corrected chi connectivity index (χ1v) is 11.3. The van der Waals surface area contributed by atoms with E-state index >= 15 is 0 Å². The van der Waals surface area contributed by atoms with Crippen LogP contribution < -0.4 is 14.8 Å². The van der Waals surface area contributed by atoms with Crippen molar-refractivity contribution < 1.29 is 14.3 Å². The number of hydrogen-bond donors (Lipinski definition) is 1. The van der Waals surface area contributed by atoms with Crippen LogP contribution in [0.15, 0.2) is 85.3 Å². The van der Waals surface area contributed by atoms with Crippen molar-refractivity contribution in [3.8, 4) is 28.3 Å². The van der Waals surface area contributed by atoms with Gasteiger partial charge in [0.1, 0.15) is 5.69 Å². The first-order chi connectivity index (χ1) is 16.6. The van der Waals surface area contributed by atoms with Crippen LogP contribution in [0.2, 0.25) is 0 Å². The standard InChI is InChI=1S/C28H29N3O3/c1-20(12-13-21-8-5-4-6-9-21)30-28(32)25-18-29-19-31(25)24-11-7-10-22(16-24)23-14-15-26(33-2)27(17-23)34-3/h4-11,14-20H,12-13H2,1-3H3,(H,30,32)/t20-/m0/s1. The molecule has 3 aromatic carbocycles. The normalized spacial score (nSPS) is 11.6. The van der Waals surface area contributed by atoms with E-state index in [4.69, 9.17) is 9.47 Å². The van der Waals surface area contributed by atoms with Gasteiger partial charge in [-0.1, -0.05) is 48.5 Å². The van der Waals surface area contributed by atoms with Gasteiger partial charge in [0.15, 0.2) is 11.5 Å². The number of carbonyl (C=O) groups excluding carboxylic acids is 1. The predicted molar refractivity (Wildman–Crippen MR) is 134 cm³/mol. The van der Waals surface area contributed by atoms with Crippen molar-refractivity contribution in [2.24, 2.45) is 0 Å². The highest BCUT2D eigenvalue weighted by Gasteiger charge is 2.16. The summed E-state index contributed by atoms with van der Waals surface area (Å²) in [5.41, 5.74) is 4.60. The summed E-state index contributed by atoms with van der Waals surface area (Å²) in [4.78, 5) is 17.3. The Morgan fingerprint density at radius 1 is 0.941 bits per heavy atom.